The summed E-state index contributed by atoms with van der Waals surface area (Å²) in [4.78, 5) is 16.1. The second kappa shape index (κ2) is 9.92. The number of anilines is 1. The van der Waals surface area contributed by atoms with Crippen LogP contribution in [0.25, 0.3) is 0 Å². The van der Waals surface area contributed by atoms with Gasteiger partial charge in [-0.3, -0.25) is 4.79 Å². The summed E-state index contributed by atoms with van der Waals surface area (Å²) in [5.74, 6) is -0.259. The first-order valence-electron chi connectivity index (χ1n) is 11.8. The molecule has 0 aliphatic carbocycles. The Labute approximate surface area is 210 Å². The van der Waals surface area contributed by atoms with Crippen molar-refractivity contribution >= 4 is 23.3 Å². The summed E-state index contributed by atoms with van der Waals surface area (Å²) in [5.41, 5.74) is 3.76. The van der Waals surface area contributed by atoms with Gasteiger partial charge in [-0.05, 0) is 48.7 Å². The molecule has 1 aromatic heterocycles. The Morgan fingerprint density at radius 3 is 2.34 bits per heavy atom. The lowest BCUT2D eigenvalue weighted by atomic mass is 9.74. The van der Waals surface area contributed by atoms with Gasteiger partial charge < -0.3 is 9.64 Å². The lowest BCUT2D eigenvalue weighted by Gasteiger charge is -2.41. The molecule has 0 N–H and O–H groups in total. The second-order valence-corrected chi connectivity index (χ2v) is 9.26. The Morgan fingerprint density at radius 2 is 1.66 bits per heavy atom. The standard InChI is InChI=1S/C28H27ClN4O2/c1-2-35-27(34)28(17-21-9-5-3-6-10-21)20-32(24-11-7-4-8-12-24)19-25-26(28)33(31-30-25)18-22-13-15-23(29)16-14-22/h3-16H,2,17-20H2,1H3. The number of carbonyl (C=O) groups is 1. The number of rotatable bonds is 7. The number of esters is 1. The summed E-state index contributed by atoms with van der Waals surface area (Å²) in [6, 6.07) is 27.9. The number of hydrogen-bond donors (Lipinski definition) is 0. The van der Waals surface area contributed by atoms with Gasteiger partial charge in [0.2, 0.25) is 0 Å². The summed E-state index contributed by atoms with van der Waals surface area (Å²) < 4.78 is 7.60. The average molecular weight is 487 g/mol. The maximum atomic E-state index is 13.9. The van der Waals surface area contributed by atoms with Crippen molar-refractivity contribution in [1.82, 2.24) is 15.0 Å². The zero-order valence-corrected chi connectivity index (χ0v) is 20.4. The lowest BCUT2D eigenvalue weighted by molar-refractivity contribution is -0.150. The average Bonchev–Trinajstić information content (AvgIpc) is 3.30. The number of halogens is 1. The molecule has 0 radical (unpaired) electrons. The third kappa shape index (κ3) is 4.66. The number of hydrogen-bond acceptors (Lipinski definition) is 5. The largest absolute Gasteiger partial charge is 0.465 e. The van der Waals surface area contributed by atoms with E-state index in [0.717, 1.165) is 28.2 Å². The molecule has 5 rings (SSSR count). The normalized spacial score (nSPS) is 17.1. The molecule has 178 valence electrons. The molecular formula is C28H27ClN4O2. The number of ether oxygens (including phenoxy) is 1. The van der Waals surface area contributed by atoms with E-state index in [9.17, 15) is 4.79 Å². The molecule has 0 fully saturated rings. The Kier molecular flexibility index (Phi) is 6.55. The van der Waals surface area contributed by atoms with Gasteiger partial charge in [0, 0.05) is 17.3 Å². The highest BCUT2D eigenvalue weighted by atomic mass is 35.5. The van der Waals surface area contributed by atoms with Gasteiger partial charge in [0.15, 0.2) is 0 Å². The fraction of sp³-hybridized carbons (Fsp3) is 0.250. The van der Waals surface area contributed by atoms with Gasteiger partial charge in [0.05, 0.1) is 25.4 Å². The van der Waals surface area contributed by atoms with Gasteiger partial charge in [-0.2, -0.15) is 0 Å². The molecule has 1 atom stereocenters. The van der Waals surface area contributed by atoms with E-state index >= 15 is 0 Å². The number of aromatic nitrogens is 3. The maximum absolute atomic E-state index is 13.9. The molecule has 7 heteroatoms. The van der Waals surface area contributed by atoms with Crippen molar-refractivity contribution in [2.75, 3.05) is 18.1 Å². The molecule has 2 heterocycles. The molecule has 0 amide bonds. The summed E-state index contributed by atoms with van der Waals surface area (Å²) in [6.45, 7) is 3.66. The highest BCUT2D eigenvalue weighted by Crippen LogP contribution is 2.39. The fourth-order valence-corrected chi connectivity index (χ4v) is 5.02. The Balaban J connectivity index is 1.65. The van der Waals surface area contributed by atoms with E-state index < -0.39 is 5.41 Å². The number of carbonyl (C=O) groups excluding carboxylic acids is 1. The maximum Gasteiger partial charge on any atom is 0.320 e. The smallest absolute Gasteiger partial charge is 0.320 e. The van der Waals surface area contributed by atoms with Crippen LogP contribution in [0.5, 0.6) is 0 Å². The molecule has 0 bridgehead atoms. The van der Waals surface area contributed by atoms with Crippen LogP contribution in [0.3, 0.4) is 0 Å². The molecule has 1 aliphatic heterocycles. The van der Waals surface area contributed by atoms with E-state index in [1.807, 2.05) is 72.3 Å². The van der Waals surface area contributed by atoms with Crippen molar-refractivity contribution in [3.63, 3.8) is 0 Å². The van der Waals surface area contributed by atoms with Crippen molar-refractivity contribution in [1.29, 1.82) is 0 Å². The van der Waals surface area contributed by atoms with Crippen LogP contribution < -0.4 is 4.90 Å². The number of fused-ring (bicyclic) bond motifs is 1. The van der Waals surface area contributed by atoms with Gasteiger partial charge in [-0.1, -0.05) is 77.5 Å². The molecular weight excluding hydrogens is 460 g/mol. The van der Waals surface area contributed by atoms with E-state index in [1.165, 1.54) is 0 Å². The number of para-hydroxylation sites is 1. The van der Waals surface area contributed by atoms with Crippen LogP contribution in [0.15, 0.2) is 84.9 Å². The fourth-order valence-electron chi connectivity index (χ4n) is 4.90. The van der Waals surface area contributed by atoms with Crippen LogP contribution in [0.1, 0.15) is 29.4 Å². The van der Waals surface area contributed by atoms with Crippen molar-refractivity contribution < 1.29 is 9.53 Å². The number of nitrogens with zero attached hydrogens (tertiary/aromatic N) is 4. The molecule has 3 aromatic carbocycles. The third-order valence-electron chi connectivity index (χ3n) is 6.44. The zero-order chi connectivity index (χ0) is 24.3. The minimum absolute atomic E-state index is 0.259. The van der Waals surface area contributed by atoms with Crippen LogP contribution in [0.2, 0.25) is 5.02 Å². The Bertz CT molecular complexity index is 1290. The Hall–Kier alpha value is -3.64. The number of benzene rings is 3. The molecule has 0 spiro atoms. The lowest BCUT2D eigenvalue weighted by Crippen LogP contribution is -2.54. The topological polar surface area (TPSA) is 60.2 Å². The van der Waals surface area contributed by atoms with Crippen molar-refractivity contribution in [2.24, 2.45) is 0 Å². The highest BCUT2D eigenvalue weighted by molar-refractivity contribution is 6.30. The molecule has 4 aromatic rings. The van der Waals surface area contributed by atoms with Crippen molar-refractivity contribution in [3.8, 4) is 0 Å². The van der Waals surface area contributed by atoms with E-state index in [2.05, 4.69) is 39.5 Å². The summed E-state index contributed by atoms with van der Waals surface area (Å²) in [6.07, 6.45) is 0.483. The molecule has 1 aliphatic rings. The minimum atomic E-state index is -0.975. The van der Waals surface area contributed by atoms with Crippen molar-refractivity contribution in [2.45, 2.75) is 31.8 Å². The molecule has 35 heavy (non-hydrogen) atoms. The van der Waals surface area contributed by atoms with Gasteiger partial charge >= 0.3 is 5.97 Å². The van der Waals surface area contributed by atoms with Gasteiger partial charge in [0.25, 0.3) is 0 Å². The SMILES string of the molecule is CCOC(=O)C1(Cc2ccccc2)CN(c2ccccc2)Cc2nnn(Cc3ccc(Cl)cc3)c21. The molecule has 1 unspecified atom stereocenters. The van der Waals surface area contributed by atoms with Crippen LogP contribution in [-0.4, -0.2) is 34.1 Å². The first-order valence-corrected chi connectivity index (χ1v) is 12.2. The van der Waals surface area contributed by atoms with Gasteiger partial charge in [-0.15, -0.1) is 5.10 Å². The third-order valence-corrected chi connectivity index (χ3v) is 6.69. The second-order valence-electron chi connectivity index (χ2n) is 8.83. The van der Waals surface area contributed by atoms with E-state index in [4.69, 9.17) is 16.3 Å². The summed E-state index contributed by atoms with van der Waals surface area (Å²) in [5, 5.41) is 9.76. The molecule has 6 nitrogen and oxygen atoms in total. The minimum Gasteiger partial charge on any atom is -0.465 e. The zero-order valence-electron chi connectivity index (χ0n) is 19.6. The van der Waals surface area contributed by atoms with Crippen LogP contribution in [0.4, 0.5) is 5.69 Å². The van der Waals surface area contributed by atoms with Gasteiger partial charge in [-0.25, -0.2) is 4.68 Å². The van der Waals surface area contributed by atoms with E-state index in [-0.39, 0.29) is 5.97 Å². The van der Waals surface area contributed by atoms with Crippen LogP contribution in [-0.2, 0) is 34.5 Å². The first kappa shape index (κ1) is 23.1. The highest BCUT2D eigenvalue weighted by Gasteiger charge is 2.51. The molecule has 0 saturated heterocycles. The monoisotopic (exact) mass is 486 g/mol. The Morgan fingerprint density at radius 1 is 0.971 bits per heavy atom. The van der Waals surface area contributed by atoms with Gasteiger partial charge in [0.1, 0.15) is 11.1 Å². The predicted molar refractivity (Wildman–Crippen MR) is 137 cm³/mol. The van der Waals surface area contributed by atoms with Crippen molar-refractivity contribution in [3.05, 3.63) is 112 Å². The predicted octanol–water partition coefficient (Wildman–Crippen LogP) is 5.04. The molecule has 0 saturated carbocycles. The summed E-state index contributed by atoms with van der Waals surface area (Å²) >= 11 is 6.09. The van der Waals surface area contributed by atoms with Crippen LogP contribution >= 0.6 is 11.6 Å². The van der Waals surface area contributed by atoms with Crippen LogP contribution in [0, 0.1) is 0 Å². The summed E-state index contributed by atoms with van der Waals surface area (Å²) in [7, 11) is 0. The van der Waals surface area contributed by atoms with E-state index in [1.54, 1.807) is 0 Å². The quantitative estimate of drug-likeness (QED) is 0.342. The van der Waals surface area contributed by atoms with E-state index in [0.29, 0.717) is 37.7 Å². The first-order chi connectivity index (χ1) is 17.1.